The van der Waals surface area contributed by atoms with Gasteiger partial charge in [0.1, 0.15) is 42.0 Å². The molecule has 13 N–H and O–H groups in total. The van der Waals surface area contributed by atoms with E-state index in [1.54, 1.807) is 25.3 Å². The number of fused-ring (bicyclic) bond motifs is 2. The second-order valence-corrected chi connectivity index (χ2v) is 23.5. The number of nitrogens with one attached hydrogen (secondary N) is 5. The van der Waals surface area contributed by atoms with Gasteiger partial charge in [-0.05, 0) is 86.0 Å². The number of β-amino-alcohol motifs (C(OH)–C–C–N with tert-alkyl or cyclic N) is 1. The van der Waals surface area contributed by atoms with Crippen molar-refractivity contribution < 1.29 is 97.6 Å². The Balaban J connectivity index is 1.11. The van der Waals surface area contributed by atoms with Gasteiger partial charge in [0.15, 0.2) is 11.5 Å². The van der Waals surface area contributed by atoms with Gasteiger partial charge < -0.3 is 95.6 Å². The number of carbonyl (C=O) groups is 7. The molecule has 3 aromatic carbocycles. The van der Waals surface area contributed by atoms with Crippen LogP contribution in [0.1, 0.15) is 81.1 Å². The molecule has 13 atom stereocenters. The summed E-state index contributed by atoms with van der Waals surface area (Å²) in [5.41, 5.74) is 2.05. The number of hydrogen-bond donors (Lipinski definition) is 13. The lowest BCUT2D eigenvalue weighted by atomic mass is 9.98. The largest absolute Gasteiger partial charge is 0.504 e. The fraction of sp³-hybridized carbons (Fsp3) is 0.567. The maximum atomic E-state index is 14.6. The lowest BCUT2D eigenvalue weighted by Gasteiger charge is -2.37. The average molecular weight is 1300 g/mol. The summed E-state index contributed by atoms with van der Waals surface area (Å²) in [6.45, 7) is 5.14. The molecule has 4 heterocycles. The van der Waals surface area contributed by atoms with Crippen LogP contribution >= 0.6 is 12.3 Å². The number of aliphatic hydroxyl groups is 6. The maximum Gasteiger partial charge on any atom is 0.261 e. The van der Waals surface area contributed by atoms with Crippen LogP contribution in [0.5, 0.6) is 17.2 Å². The normalized spacial score (nSPS) is 25.8. The quantitative estimate of drug-likeness (QED) is 0.0232. The lowest BCUT2D eigenvalue weighted by molar-refractivity contribution is -0.433. The van der Waals surface area contributed by atoms with Crippen molar-refractivity contribution in [1.82, 2.24) is 36.4 Å². The van der Waals surface area contributed by atoms with Gasteiger partial charge in [0.2, 0.25) is 35.4 Å². The average Bonchev–Trinajstić information content (AvgIpc) is 1.72. The van der Waals surface area contributed by atoms with Crippen LogP contribution in [-0.4, -0.2) is 231 Å². The van der Waals surface area contributed by atoms with Gasteiger partial charge in [0, 0.05) is 102 Å². The Bertz CT molecular complexity index is 2980. The van der Waals surface area contributed by atoms with Crippen molar-refractivity contribution in [3.8, 4) is 23.3 Å². The van der Waals surface area contributed by atoms with E-state index in [4.69, 9.17) is 18.9 Å². The fourth-order valence-electron chi connectivity index (χ4n) is 11.4. The molecule has 4 aliphatic heterocycles. The van der Waals surface area contributed by atoms with E-state index >= 15 is 0 Å². The predicted molar refractivity (Wildman–Crippen MR) is 324 cm³/mol. The number of rotatable bonds is 23. The van der Waals surface area contributed by atoms with Gasteiger partial charge in [-0.2, -0.15) is 5.26 Å². The Hall–Kier alpha value is -7.61. The molecule has 4 fully saturated rings. The Morgan fingerprint density at radius 3 is 1.99 bits per heavy atom. The number of aromatic hydroxyl groups is 1. The summed E-state index contributed by atoms with van der Waals surface area (Å²) in [6, 6.07) is 8.43. The van der Waals surface area contributed by atoms with Crippen molar-refractivity contribution in [2.75, 3.05) is 75.9 Å². The first-order chi connectivity index (χ1) is 43.6. The first-order valence-corrected chi connectivity index (χ1v) is 30.8. The number of piperazine rings is 1. The minimum absolute atomic E-state index is 0.0707. The molecule has 0 spiro atoms. The molecule has 4 aliphatic rings. The standard InChI is InChI=1S/C60H82N10O20S/c1-34-32-70-52(53(34)77)58(82)62-31-40(72)29-43(63-54(78)37-10-12-38(13-11-37)67-21-23-68(24-22-67)39-14-16-42(17-15-39)87-26-8-6-4-5-7-25-86-3)55(79)64-49(35(2)71)59(83)69-33-41(73)30-44(69)56(80)65-50(57(81)66-51(60(70)84)46(75)19-20-61)47(76)27-36-9-18-45(74)48(28-36)88-91-90-89-85/h9-18,28,34-35,40-41,43-44,46-47,49-53,71-77,85H,4-8,19,21-27,29-33H2,1-3H3,(H,62,82)(H,63,78)(H,64,79)(H,65,80)(H,66,81)/t34?,35?,40-,41?,43-,44?,46+,47+,49?,50?,51-,52?,53-/m0/s1. The summed E-state index contributed by atoms with van der Waals surface area (Å²) in [5.74, 6) is -8.72. The monoisotopic (exact) mass is 1290 g/mol. The topological polar surface area (TPSA) is 424 Å². The molecule has 7 rings (SSSR count). The van der Waals surface area contributed by atoms with Gasteiger partial charge in [-0.25, -0.2) is 5.26 Å². The summed E-state index contributed by atoms with van der Waals surface area (Å²) in [6.07, 6.45) is -7.63. The van der Waals surface area contributed by atoms with E-state index in [-0.39, 0.29) is 35.7 Å². The van der Waals surface area contributed by atoms with Crippen LogP contribution in [0.25, 0.3) is 0 Å². The lowest BCUT2D eigenvalue weighted by Crippen LogP contribution is -2.64. The summed E-state index contributed by atoms with van der Waals surface area (Å²) in [4.78, 5) is 107. The van der Waals surface area contributed by atoms with E-state index in [2.05, 4.69) is 45.8 Å². The van der Waals surface area contributed by atoms with Gasteiger partial charge in [-0.3, -0.25) is 33.6 Å². The number of nitrogens with zero attached hydrogens (tertiary/aromatic N) is 5. The van der Waals surface area contributed by atoms with Crippen molar-refractivity contribution in [1.29, 1.82) is 5.26 Å². The molecule has 7 amide bonds. The highest BCUT2D eigenvalue weighted by Gasteiger charge is 2.50. The van der Waals surface area contributed by atoms with Crippen LogP contribution < -0.4 is 45.3 Å². The number of nitriles is 1. The van der Waals surface area contributed by atoms with Crippen LogP contribution in [0.3, 0.4) is 0 Å². The second kappa shape index (κ2) is 34.2. The number of benzene rings is 3. The number of hydrogen-bond acceptors (Lipinski definition) is 24. The van der Waals surface area contributed by atoms with Gasteiger partial charge in [-0.1, -0.05) is 41.6 Å². The van der Waals surface area contributed by atoms with Gasteiger partial charge >= 0.3 is 0 Å². The molecule has 91 heavy (non-hydrogen) atoms. The molecule has 0 radical (unpaired) electrons. The first kappa shape index (κ1) is 70.8. The number of phenols is 1. The third-order valence-corrected chi connectivity index (χ3v) is 16.8. The molecule has 498 valence electrons. The number of carbonyl (C=O) groups excluding carboxylic acids is 7. The van der Waals surface area contributed by atoms with E-state index in [1.807, 2.05) is 24.3 Å². The Kier molecular flexibility index (Phi) is 26.6. The summed E-state index contributed by atoms with van der Waals surface area (Å²) in [7, 11) is 1.71. The van der Waals surface area contributed by atoms with Crippen LogP contribution in [0.4, 0.5) is 11.4 Å². The number of aliphatic hydroxyl groups excluding tert-OH is 6. The van der Waals surface area contributed by atoms with Crippen molar-refractivity contribution in [3.63, 3.8) is 0 Å². The molecule has 0 bridgehead atoms. The number of unbranched alkanes of at least 4 members (excludes halogenated alkanes) is 4. The minimum Gasteiger partial charge on any atom is -0.504 e. The summed E-state index contributed by atoms with van der Waals surface area (Å²) < 4.78 is 20.4. The molecular formula is C60H82N10O20S. The van der Waals surface area contributed by atoms with Crippen LogP contribution in [0, 0.1) is 17.2 Å². The van der Waals surface area contributed by atoms with Gasteiger partial charge in [-0.15, -0.1) is 0 Å². The Morgan fingerprint density at radius 1 is 0.736 bits per heavy atom. The molecule has 0 aliphatic carbocycles. The zero-order chi connectivity index (χ0) is 65.9. The smallest absolute Gasteiger partial charge is 0.261 e. The molecule has 31 heteroatoms. The van der Waals surface area contributed by atoms with Crippen LogP contribution in [0.2, 0.25) is 0 Å². The highest BCUT2D eigenvalue weighted by Crippen LogP contribution is 2.32. The summed E-state index contributed by atoms with van der Waals surface area (Å²) >= 11 is 0.0707. The van der Waals surface area contributed by atoms with E-state index in [0.29, 0.717) is 32.8 Å². The third kappa shape index (κ3) is 19.2. The molecule has 3 aromatic rings. The molecule has 7 unspecified atom stereocenters. The molecule has 30 nitrogen and oxygen atoms in total. The van der Waals surface area contributed by atoms with Crippen molar-refractivity contribution in [2.24, 2.45) is 5.92 Å². The van der Waals surface area contributed by atoms with Crippen molar-refractivity contribution in [3.05, 3.63) is 77.9 Å². The number of ether oxygens (including phenoxy) is 2. The zero-order valence-electron chi connectivity index (χ0n) is 50.7. The number of phenolic OH excluding ortho intramolecular Hbond substituents is 1. The predicted octanol–water partition coefficient (Wildman–Crippen LogP) is -1.08. The first-order valence-electron chi connectivity index (χ1n) is 30.1. The molecular weight excluding hydrogens is 1210 g/mol. The number of methoxy groups -OCH3 is 1. The molecule has 0 saturated carbocycles. The van der Waals surface area contributed by atoms with Crippen molar-refractivity contribution in [2.45, 2.75) is 145 Å². The third-order valence-electron chi connectivity index (χ3n) is 16.4. The van der Waals surface area contributed by atoms with Crippen molar-refractivity contribution >= 4 is 65.0 Å². The van der Waals surface area contributed by atoms with E-state index in [9.17, 15) is 74.6 Å². The van der Waals surface area contributed by atoms with E-state index < -0.39 is 165 Å². The molecule has 4 saturated heterocycles. The highest BCUT2D eigenvalue weighted by atomic mass is 32.2. The minimum atomic E-state index is -2.15. The SMILES string of the molecule is COCCCCCCCOc1ccc(N2CCN(c3ccc(C(=O)N[C@H]4C[C@H](O)CNC(=O)C5[C@@H](O)C(C)CN5C(=O)[C@H]([C@H](O)CC#N)NC(=O)C([C@H](O)Cc5ccc(O)c(OSOOO)c5)NC(=O)C5CC(O)CN5C(=O)C(C(C)O)NC4=O)cc3)CC2)cc1. The maximum absolute atomic E-state index is 14.6. The zero-order valence-corrected chi connectivity index (χ0v) is 51.5. The van der Waals surface area contributed by atoms with Gasteiger partial charge in [0.25, 0.3) is 18.2 Å². The van der Waals surface area contributed by atoms with Crippen LogP contribution in [0.15, 0.2) is 66.7 Å². The fourth-order valence-corrected chi connectivity index (χ4v) is 11.7. The Labute approximate surface area is 529 Å². The Morgan fingerprint density at radius 2 is 1.35 bits per heavy atom. The molecule has 0 aromatic heterocycles. The van der Waals surface area contributed by atoms with E-state index in [0.717, 1.165) is 84.7 Å². The number of anilines is 2. The second-order valence-electron chi connectivity index (χ2n) is 23.1. The van der Waals surface area contributed by atoms with Gasteiger partial charge in [0.05, 0.1) is 55.7 Å². The van der Waals surface area contributed by atoms with Crippen LogP contribution in [-0.2, 0) is 49.3 Å². The highest BCUT2D eigenvalue weighted by molar-refractivity contribution is 7.90. The van der Waals surface area contributed by atoms with E-state index in [1.165, 1.54) is 25.1 Å². The summed E-state index contributed by atoms with van der Waals surface area (Å²) in [5, 5.41) is 112. The number of amides is 7.